The summed E-state index contributed by atoms with van der Waals surface area (Å²) in [6.45, 7) is 3.95. The first-order valence-corrected chi connectivity index (χ1v) is 10.6. The average Bonchev–Trinajstić information content (AvgIpc) is 3.01. The average molecular weight is 467 g/mol. The molecule has 5 nitrogen and oxygen atoms in total. The van der Waals surface area contributed by atoms with Crippen LogP contribution in [0.3, 0.4) is 0 Å². The smallest absolute Gasteiger partial charge is 0.282 e. The SMILES string of the molecule is COc1ccc(Cl)cc1NC1=C(c2ccc(C)c(C)c2)C(=O)N(c2ccc(Cl)cc2)C1=O. The van der Waals surface area contributed by atoms with Crippen LogP contribution in [-0.4, -0.2) is 18.9 Å². The van der Waals surface area contributed by atoms with Gasteiger partial charge in [0, 0.05) is 10.0 Å². The van der Waals surface area contributed by atoms with E-state index in [1.807, 2.05) is 32.0 Å². The van der Waals surface area contributed by atoms with Gasteiger partial charge in [-0.2, -0.15) is 0 Å². The molecule has 1 heterocycles. The summed E-state index contributed by atoms with van der Waals surface area (Å²) in [6.07, 6.45) is 0. The molecule has 0 aromatic heterocycles. The van der Waals surface area contributed by atoms with Crippen LogP contribution in [0.5, 0.6) is 5.75 Å². The number of carbonyl (C=O) groups is 2. The van der Waals surface area contributed by atoms with Crippen LogP contribution in [0.2, 0.25) is 10.0 Å². The Hall–Kier alpha value is -3.28. The van der Waals surface area contributed by atoms with Crippen LogP contribution in [0.4, 0.5) is 11.4 Å². The van der Waals surface area contributed by atoms with Gasteiger partial charge in [0.05, 0.1) is 24.1 Å². The van der Waals surface area contributed by atoms with Crippen molar-refractivity contribution in [2.24, 2.45) is 0 Å². The quantitative estimate of drug-likeness (QED) is 0.467. The summed E-state index contributed by atoms with van der Waals surface area (Å²) < 4.78 is 5.40. The molecule has 0 saturated carbocycles. The van der Waals surface area contributed by atoms with Crippen molar-refractivity contribution in [2.75, 3.05) is 17.3 Å². The highest BCUT2D eigenvalue weighted by Crippen LogP contribution is 2.37. The maximum atomic E-state index is 13.5. The minimum Gasteiger partial charge on any atom is -0.495 e. The maximum absolute atomic E-state index is 13.5. The Bertz CT molecular complexity index is 1270. The van der Waals surface area contributed by atoms with Crippen molar-refractivity contribution in [3.63, 3.8) is 0 Å². The van der Waals surface area contributed by atoms with Crippen LogP contribution in [-0.2, 0) is 9.59 Å². The number of halogens is 2. The Morgan fingerprint density at radius 2 is 1.50 bits per heavy atom. The first kappa shape index (κ1) is 21.9. The summed E-state index contributed by atoms with van der Waals surface area (Å²) in [7, 11) is 1.52. The lowest BCUT2D eigenvalue weighted by molar-refractivity contribution is -0.120. The van der Waals surface area contributed by atoms with Gasteiger partial charge in [-0.3, -0.25) is 9.59 Å². The van der Waals surface area contributed by atoms with E-state index in [4.69, 9.17) is 27.9 Å². The number of hydrogen-bond donors (Lipinski definition) is 1. The molecule has 0 bridgehead atoms. The molecule has 32 heavy (non-hydrogen) atoms. The predicted octanol–water partition coefficient (Wildman–Crippen LogP) is 6.02. The van der Waals surface area contributed by atoms with E-state index in [2.05, 4.69) is 5.32 Å². The molecule has 0 unspecified atom stereocenters. The molecule has 162 valence electrons. The number of imide groups is 1. The summed E-state index contributed by atoms with van der Waals surface area (Å²) in [5.41, 5.74) is 4.08. The third-order valence-electron chi connectivity index (χ3n) is 5.39. The number of benzene rings is 3. The van der Waals surface area contributed by atoms with Gasteiger partial charge >= 0.3 is 0 Å². The maximum Gasteiger partial charge on any atom is 0.282 e. The van der Waals surface area contributed by atoms with Crippen molar-refractivity contribution >= 4 is 52.0 Å². The van der Waals surface area contributed by atoms with E-state index in [0.29, 0.717) is 32.7 Å². The molecule has 3 aromatic rings. The first-order valence-electron chi connectivity index (χ1n) is 9.87. The minimum atomic E-state index is -0.479. The van der Waals surface area contributed by atoms with Gasteiger partial charge in [-0.05, 0) is 73.0 Å². The lowest BCUT2D eigenvalue weighted by Gasteiger charge is -2.16. The van der Waals surface area contributed by atoms with Crippen LogP contribution in [0.25, 0.3) is 5.57 Å². The first-order chi connectivity index (χ1) is 15.3. The van der Waals surface area contributed by atoms with Crippen LogP contribution in [0.1, 0.15) is 16.7 Å². The molecule has 1 N–H and O–H groups in total. The van der Waals surface area contributed by atoms with Crippen LogP contribution in [0.15, 0.2) is 66.4 Å². The fourth-order valence-electron chi connectivity index (χ4n) is 3.55. The van der Waals surface area contributed by atoms with Crippen molar-refractivity contribution in [3.05, 3.63) is 93.1 Å². The molecule has 3 aromatic carbocycles. The lowest BCUT2D eigenvalue weighted by Crippen LogP contribution is -2.32. The van der Waals surface area contributed by atoms with E-state index < -0.39 is 11.8 Å². The number of nitrogens with one attached hydrogen (secondary N) is 1. The van der Waals surface area contributed by atoms with Gasteiger partial charge in [0.25, 0.3) is 11.8 Å². The number of amides is 2. The molecule has 0 saturated heterocycles. The van der Waals surface area contributed by atoms with Crippen LogP contribution >= 0.6 is 23.2 Å². The number of ether oxygens (including phenoxy) is 1. The number of anilines is 2. The zero-order valence-electron chi connectivity index (χ0n) is 17.7. The molecule has 7 heteroatoms. The monoisotopic (exact) mass is 466 g/mol. The summed E-state index contributed by atoms with van der Waals surface area (Å²) in [4.78, 5) is 28.2. The summed E-state index contributed by atoms with van der Waals surface area (Å²) in [5.74, 6) is -0.414. The second-order valence-corrected chi connectivity index (χ2v) is 8.31. The van der Waals surface area contributed by atoms with Crippen molar-refractivity contribution in [1.82, 2.24) is 0 Å². The second kappa shape index (κ2) is 8.69. The number of aryl methyl sites for hydroxylation is 2. The Morgan fingerprint density at radius 1 is 0.812 bits per heavy atom. The van der Waals surface area contributed by atoms with Crippen molar-refractivity contribution < 1.29 is 14.3 Å². The van der Waals surface area contributed by atoms with Gasteiger partial charge in [0.2, 0.25) is 0 Å². The van der Waals surface area contributed by atoms with Crippen molar-refractivity contribution in [3.8, 4) is 5.75 Å². The number of rotatable bonds is 5. The highest BCUT2D eigenvalue weighted by Gasteiger charge is 2.40. The standard InChI is InChI=1S/C25H20Cl2N2O3/c1-14-4-5-16(12-15(14)2)22-23(28-20-13-18(27)8-11-21(20)32-3)25(31)29(24(22)30)19-9-6-17(26)7-10-19/h4-13,28H,1-3H3. The number of carbonyl (C=O) groups excluding carboxylic acids is 2. The van der Waals surface area contributed by atoms with E-state index in [1.54, 1.807) is 42.5 Å². The largest absolute Gasteiger partial charge is 0.495 e. The highest BCUT2D eigenvalue weighted by atomic mass is 35.5. The topological polar surface area (TPSA) is 58.6 Å². The summed E-state index contributed by atoms with van der Waals surface area (Å²) in [5, 5.41) is 4.08. The molecular formula is C25H20Cl2N2O3. The van der Waals surface area contributed by atoms with Crippen molar-refractivity contribution in [2.45, 2.75) is 13.8 Å². The number of nitrogens with zero attached hydrogens (tertiary/aromatic N) is 1. The Labute approximate surface area is 196 Å². The molecule has 0 spiro atoms. The van der Waals surface area contributed by atoms with Gasteiger partial charge in [0.15, 0.2) is 0 Å². The minimum absolute atomic E-state index is 0.147. The molecule has 0 radical (unpaired) electrons. The molecule has 0 atom stereocenters. The van der Waals surface area contributed by atoms with Gasteiger partial charge in [-0.25, -0.2) is 4.90 Å². The molecule has 1 aliphatic rings. The van der Waals surface area contributed by atoms with E-state index in [9.17, 15) is 9.59 Å². The second-order valence-electron chi connectivity index (χ2n) is 7.44. The fourth-order valence-corrected chi connectivity index (χ4v) is 3.85. The Morgan fingerprint density at radius 3 is 2.16 bits per heavy atom. The number of methoxy groups -OCH3 is 1. The van der Waals surface area contributed by atoms with E-state index in [1.165, 1.54) is 7.11 Å². The van der Waals surface area contributed by atoms with E-state index in [0.717, 1.165) is 16.0 Å². The number of hydrogen-bond acceptors (Lipinski definition) is 4. The molecular weight excluding hydrogens is 447 g/mol. The third-order valence-corrected chi connectivity index (χ3v) is 5.87. The molecule has 4 rings (SSSR count). The van der Waals surface area contributed by atoms with Gasteiger partial charge in [-0.1, -0.05) is 41.4 Å². The van der Waals surface area contributed by atoms with Gasteiger partial charge in [-0.15, -0.1) is 0 Å². The zero-order valence-corrected chi connectivity index (χ0v) is 19.2. The Kier molecular flexibility index (Phi) is 5.96. The molecule has 0 aliphatic carbocycles. The van der Waals surface area contributed by atoms with Gasteiger partial charge in [0.1, 0.15) is 11.4 Å². The fraction of sp³-hybridized carbons (Fsp3) is 0.120. The normalized spacial score (nSPS) is 13.7. The lowest BCUT2D eigenvalue weighted by atomic mass is 9.99. The molecule has 2 amide bonds. The Balaban J connectivity index is 1.87. The highest BCUT2D eigenvalue weighted by molar-refractivity contribution is 6.46. The third kappa shape index (κ3) is 3.97. The van der Waals surface area contributed by atoms with Crippen LogP contribution < -0.4 is 15.0 Å². The zero-order chi connectivity index (χ0) is 23.0. The summed E-state index contributed by atoms with van der Waals surface area (Å²) >= 11 is 12.2. The molecule has 0 fully saturated rings. The predicted molar refractivity (Wildman–Crippen MR) is 128 cm³/mol. The summed E-state index contributed by atoms with van der Waals surface area (Å²) in [6, 6.07) is 17.2. The van der Waals surface area contributed by atoms with E-state index in [-0.39, 0.29) is 11.3 Å². The van der Waals surface area contributed by atoms with Crippen LogP contribution in [0, 0.1) is 13.8 Å². The molecule has 1 aliphatic heterocycles. The van der Waals surface area contributed by atoms with Gasteiger partial charge < -0.3 is 10.1 Å². The van der Waals surface area contributed by atoms with Crippen molar-refractivity contribution in [1.29, 1.82) is 0 Å². The van der Waals surface area contributed by atoms with E-state index >= 15 is 0 Å².